The Morgan fingerprint density at radius 2 is 2.06 bits per heavy atom. The first-order valence-electron chi connectivity index (χ1n) is 4.54. The van der Waals surface area contributed by atoms with Gasteiger partial charge in [0.15, 0.2) is 0 Å². The zero-order valence-corrected chi connectivity index (χ0v) is 11.0. The first-order chi connectivity index (χ1) is 7.74. The summed E-state index contributed by atoms with van der Waals surface area (Å²) in [6.45, 7) is 0. The third-order valence-electron chi connectivity index (χ3n) is 1.86. The van der Waals surface area contributed by atoms with Crippen molar-refractivity contribution in [3.05, 3.63) is 24.3 Å². The number of ether oxygens (including phenoxy) is 1. The average molecular weight is 258 g/mol. The molecule has 0 atom stereocenters. The van der Waals surface area contributed by atoms with Crippen LogP contribution in [0.4, 0.5) is 10.5 Å². The van der Waals surface area contributed by atoms with Gasteiger partial charge in [0.2, 0.25) is 0 Å². The molecule has 0 saturated heterocycles. The quantitative estimate of drug-likeness (QED) is 0.843. The molecule has 1 aromatic rings. The lowest BCUT2D eigenvalue weighted by molar-refractivity contribution is 0.255. The van der Waals surface area contributed by atoms with Gasteiger partial charge in [-0.2, -0.15) is 0 Å². The Labute approximate surface area is 104 Å². The van der Waals surface area contributed by atoms with Crippen molar-refractivity contribution in [2.75, 3.05) is 23.9 Å². The predicted octanol–water partition coefficient (Wildman–Crippen LogP) is 2.77. The number of nitrogens with one attached hydrogen (secondary N) is 1. The van der Waals surface area contributed by atoms with Crippen LogP contribution >= 0.6 is 23.9 Å². The van der Waals surface area contributed by atoms with Gasteiger partial charge in [0.25, 0.3) is 0 Å². The summed E-state index contributed by atoms with van der Waals surface area (Å²) in [6, 6.07) is 7.23. The van der Waals surface area contributed by atoms with Crippen LogP contribution in [0.2, 0.25) is 0 Å². The Morgan fingerprint density at radius 3 is 2.62 bits per heavy atom. The minimum Gasteiger partial charge on any atom is -0.495 e. The molecular weight excluding hydrogens is 244 g/mol. The maximum atomic E-state index is 11.8. The van der Waals surface area contributed by atoms with Crippen molar-refractivity contribution in [1.82, 2.24) is 4.72 Å². The molecule has 16 heavy (non-hydrogen) atoms. The Kier molecular flexibility index (Phi) is 5.34. The maximum absolute atomic E-state index is 11.8. The number of carbonyl (C=O) groups is 1. The van der Waals surface area contributed by atoms with Gasteiger partial charge in [0.05, 0.1) is 12.8 Å². The topological polar surface area (TPSA) is 41.6 Å². The summed E-state index contributed by atoms with van der Waals surface area (Å²) in [5.74, 6) is 0.674. The Hall–Kier alpha value is -1.01. The van der Waals surface area contributed by atoms with E-state index in [4.69, 9.17) is 4.74 Å². The maximum Gasteiger partial charge on any atom is 0.342 e. The second-order valence-electron chi connectivity index (χ2n) is 2.76. The average Bonchev–Trinajstić information content (AvgIpc) is 2.31. The van der Waals surface area contributed by atoms with E-state index in [1.807, 2.05) is 30.5 Å². The van der Waals surface area contributed by atoms with E-state index in [9.17, 15) is 4.79 Å². The molecule has 2 amide bonds. The second kappa shape index (κ2) is 6.55. The van der Waals surface area contributed by atoms with Gasteiger partial charge in [-0.05, 0) is 24.1 Å². The van der Waals surface area contributed by atoms with Crippen molar-refractivity contribution < 1.29 is 9.53 Å². The molecule has 0 bridgehead atoms. The van der Waals surface area contributed by atoms with Gasteiger partial charge in [-0.15, -0.1) is 0 Å². The van der Waals surface area contributed by atoms with E-state index < -0.39 is 0 Å². The zero-order chi connectivity index (χ0) is 12.0. The highest BCUT2D eigenvalue weighted by molar-refractivity contribution is 8.01. The van der Waals surface area contributed by atoms with Crippen molar-refractivity contribution in [2.24, 2.45) is 0 Å². The lowest BCUT2D eigenvalue weighted by Crippen LogP contribution is -2.31. The normalized spacial score (nSPS) is 9.69. The van der Waals surface area contributed by atoms with E-state index in [0.29, 0.717) is 5.75 Å². The molecule has 88 valence electrons. The van der Waals surface area contributed by atoms with Gasteiger partial charge in [0.1, 0.15) is 5.75 Å². The van der Waals surface area contributed by atoms with Crippen molar-refractivity contribution in [1.29, 1.82) is 0 Å². The van der Waals surface area contributed by atoms with Crippen LogP contribution in [0, 0.1) is 0 Å². The molecule has 0 aromatic heterocycles. The summed E-state index contributed by atoms with van der Waals surface area (Å²) in [5, 5.41) is 0. The third-order valence-corrected chi connectivity index (χ3v) is 2.97. The number of hydrogen-bond acceptors (Lipinski definition) is 4. The Bertz CT molecular complexity index is 360. The minimum absolute atomic E-state index is 0.176. The number of para-hydroxylation sites is 2. The van der Waals surface area contributed by atoms with E-state index >= 15 is 0 Å². The molecule has 0 unspecified atom stereocenters. The number of anilines is 1. The highest BCUT2D eigenvalue weighted by Crippen LogP contribution is 2.31. The molecule has 1 aromatic carbocycles. The summed E-state index contributed by atoms with van der Waals surface area (Å²) >= 11 is 2.59. The van der Waals surface area contributed by atoms with Crippen LogP contribution in [-0.2, 0) is 0 Å². The molecule has 0 aliphatic rings. The summed E-state index contributed by atoms with van der Waals surface area (Å²) < 4.78 is 9.44. The number of rotatable bonds is 4. The van der Waals surface area contributed by atoms with E-state index in [-0.39, 0.29) is 6.03 Å². The first kappa shape index (κ1) is 13.1. The molecule has 1 N–H and O–H groups in total. The predicted molar refractivity (Wildman–Crippen MR) is 71.0 cm³/mol. The number of benzene rings is 1. The number of urea groups is 1. The van der Waals surface area contributed by atoms with Gasteiger partial charge < -0.3 is 4.74 Å². The monoisotopic (exact) mass is 258 g/mol. The van der Waals surface area contributed by atoms with Crippen LogP contribution in [0.5, 0.6) is 5.75 Å². The van der Waals surface area contributed by atoms with Crippen LogP contribution in [0.3, 0.4) is 0 Å². The first-order valence-corrected chi connectivity index (χ1v) is 6.95. The van der Waals surface area contributed by atoms with E-state index in [0.717, 1.165) is 5.69 Å². The molecule has 0 aliphatic carbocycles. The SMILES string of the molecule is COc1ccccc1N(SC)C(=O)NSC. The highest BCUT2D eigenvalue weighted by Gasteiger charge is 2.17. The molecule has 0 heterocycles. The van der Waals surface area contributed by atoms with Crippen LogP contribution < -0.4 is 13.8 Å². The molecule has 0 radical (unpaired) electrons. The largest absolute Gasteiger partial charge is 0.495 e. The van der Waals surface area contributed by atoms with Gasteiger partial charge in [-0.25, -0.2) is 9.10 Å². The Morgan fingerprint density at radius 1 is 1.38 bits per heavy atom. The minimum atomic E-state index is -0.176. The van der Waals surface area contributed by atoms with Crippen LogP contribution in [0.15, 0.2) is 24.3 Å². The van der Waals surface area contributed by atoms with E-state index in [2.05, 4.69) is 4.72 Å². The lowest BCUT2D eigenvalue weighted by Gasteiger charge is -2.21. The van der Waals surface area contributed by atoms with Crippen LogP contribution in [0.25, 0.3) is 0 Å². The molecule has 6 heteroatoms. The fraction of sp³-hybridized carbons (Fsp3) is 0.300. The molecule has 0 saturated carbocycles. The summed E-state index contributed by atoms with van der Waals surface area (Å²) in [4.78, 5) is 11.8. The fourth-order valence-electron chi connectivity index (χ4n) is 1.22. The number of hydrogen-bond donors (Lipinski definition) is 1. The van der Waals surface area contributed by atoms with Gasteiger partial charge in [-0.3, -0.25) is 4.72 Å². The second-order valence-corrected chi connectivity index (χ2v) is 4.10. The molecule has 0 aliphatic heterocycles. The van der Waals surface area contributed by atoms with Crippen molar-refractivity contribution in [3.8, 4) is 5.75 Å². The fourth-order valence-corrected chi connectivity index (χ4v) is 2.10. The van der Waals surface area contributed by atoms with Gasteiger partial charge >= 0.3 is 6.03 Å². The molecule has 0 fully saturated rings. The number of methoxy groups -OCH3 is 1. The standard InChI is InChI=1S/C10H14N2O2S2/c1-14-9-7-5-4-6-8(9)12(16-3)10(13)11-15-2/h4-7H,1-3H3,(H,11,13). The van der Waals surface area contributed by atoms with E-state index in [1.54, 1.807) is 17.7 Å². The summed E-state index contributed by atoms with van der Waals surface area (Å²) in [7, 11) is 1.59. The molecule has 4 nitrogen and oxygen atoms in total. The highest BCUT2D eigenvalue weighted by atomic mass is 32.2. The molecule has 1 rings (SSSR count). The smallest absolute Gasteiger partial charge is 0.342 e. The molecule has 0 spiro atoms. The van der Waals surface area contributed by atoms with Gasteiger partial charge in [0, 0.05) is 12.5 Å². The summed E-state index contributed by atoms with van der Waals surface area (Å²) in [5.41, 5.74) is 0.740. The van der Waals surface area contributed by atoms with Crippen LogP contribution in [-0.4, -0.2) is 25.7 Å². The van der Waals surface area contributed by atoms with Crippen molar-refractivity contribution in [3.63, 3.8) is 0 Å². The Balaban J connectivity index is 2.98. The van der Waals surface area contributed by atoms with Crippen LogP contribution in [0.1, 0.15) is 0 Å². The zero-order valence-electron chi connectivity index (χ0n) is 9.39. The van der Waals surface area contributed by atoms with E-state index in [1.165, 1.54) is 23.9 Å². The number of carbonyl (C=O) groups excluding carboxylic acids is 1. The van der Waals surface area contributed by atoms with Crippen molar-refractivity contribution in [2.45, 2.75) is 0 Å². The third kappa shape index (κ3) is 2.99. The van der Waals surface area contributed by atoms with Gasteiger partial charge in [-0.1, -0.05) is 24.1 Å². The number of amides is 2. The number of nitrogens with zero attached hydrogens (tertiary/aromatic N) is 1. The molecular formula is C10H14N2O2S2. The lowest BCUT2D eigenvalue weighted by atomic mass is 10.3. The summed E-state index contributed by atoms with van der Waals surface area (Å²) in [6.07, 6.45) is 3.64. The van der Waals surface area contributed by atoms with Crippen molar-refractivity contribution >= 4 is 35.6 Å².